The van der Waals surface area contributed by atoms with E-state index in [9.17, 15) is 0 Å². The van der Waals surface area contributed by atoms with Crippen molar-refractivity contribution >= 4 is 15.9 Å². The minimum absolute atomic E-state index is 0.435. The van der Waals surface area contributed by atoms with Gasteiger partial charge in [0.05, 0.1) is 11.4 Å². The molecule has 0 spiro atoms. The van der Waals surface area contributed by atoms with Crippen molar-refractivity contribution in [2.45, 2.75) is 39.2 Å². The Labute approximate surface area is 134 Å². The van der Waals surface area contributed by atoms with Crippen LogP contribution in [0.2, 0.25) is 0 Å². The molecule has 3 rings (SSSR count). The van der Waals surface area contributed by atoms with Crippen molar-refractivity contribution in [2.75, 3.05) is 6.54 Å². The summed E-state index contributed by atoms with van der Waals surface area (Å²) in [6.07, 6.45) is 1.80. The third-order valence-electron chi connectivity index (χ3n) is 3.83. The molecule has 2 aromatic rings. The van der Waals surface area contributed by atoms with Gasteiger partial charge < -0.3 is 5.32 Å². The number of benzene rings is 1. The normalized spacial score (nSPS) is 14.3. The van der Waals surface area contributed by atoms with Gasteiger partial charge in [-0.15, -0.1) is 0 Å². The molecule has 0 unspecified atom stereocenters. The lowest BCUT2D eigenvalue weighted by Gasteiger charge is -2.21. The number of rotatable bonds is 3. The number of fused-ring (bicyclic) bond motifs is 1. The van der Waals surface area contributed by atoms with Gasteiger partial charge in [0.1, 0.15) is 5.82 Å². The third kappa shape index (κ3) is 3.33. The average Bonchev–Trinajstić information content (AvgIpc) is 2.48. The van der Waals surface area contributed by atoms with Crippen molar-refractivity contribution in [3.05, 3.63) is 57.1 Å². The lowest BCUT2D eigenvalue weighted by Crippen LogP contribution is -2.27. The predicted molar refractivity (Wildman–Crippen MR) is 88.5 cm³/mol. The first kappa shape index (κ1) is 14.7. The summed E-state index contributed by atoms with van der Waals surface area (Å²) in [4.78, 5) is 9.65. The summed E-state index contributed by atoms with van der Waals surface area (Å²) < 4.78 is 1.10. The van der Waals surface area contributed by atoms with Crippen molar-refractivity contribution in [1.29, 1.82) is 0 Å². The molecule has 1 aliphatic rings. The van der Waals surface area contributed by atoms with Crippen LogP contribution in [0.15, 0.2) is 28.7 Å². The Bertz CT molecular complexity index is 635. The van der Waals surface area contributed by atoms with Crippen LogP contribution in [0.4, 0.5) is 0 Å². The van der Waals surface area contributed by atoms with E-state index in [2.05, 4.69) is 59.4 Å². The number of nitrogens with one attached hydrogen (secondary N) is 1. The van der Waals surface area contributed by atoms with Crippen molar-refractivity contribution < 1.29 is 0 Å². The van der Waals surface area contributed by atoms with E-state index in [1.54, 1.807) is 0 Å². The second kappa shape index (κ2) is 6.24. The van der Waals surface area contributed by atoms with E-state index in [-0.39, 0.29) is 0 Å². The van der Waals surface area contributed by atoms with Crippen LogP contribution in [0.5, 0.6) is 0 Å². The molecule has 0 fully saturated rings. The molecule has 0 radical (unpaired) electrons. The predicted octanol–water partition coefficient (Wildman–Crippen LogP) is 3.60. The lowest BCUT2D eigenvalue weighted by molar-refractivity contribution is 0.602. The lowest BCUT2D eigenvalue weighted by atomic mass is 9.98. The molecule has 110 valence electrons. The zero-order valence-corrected chi connectivity index (χ0v) is 14.1. The highest BCUT2D eigenvalue weighted by atomic mass is 79.9. The van der Waals surface area contributed by atoms with Crippen molar-refractivity contribution in [2.24, 2.45) is 0 Å². The first-order valence-electron chi connectivity index (χ1n) is 7.47. The minimum Gasteiger partial charge on any atom is -0.312 e. The van der Waals surface area contributed by atoms with Crippen molar-refractivity contribution in [1.82, 2.24) is 15.3 Å². The highest BCUT2D eigenvalue weighted by Gasteiger charge is 2.19. The zero-order chi connectivity index (χ0) is 14.8. The first-order chi connectivity index (χ1) is 10.1. The SMILES string of the molecule is CC(C)c1nc(Cc2ccc(Br)cc2)nc2c1CNCC2. The van der Waals surface area contributed by atoms with Gasteiger partial charge >= 0.3 is 0 Å². The highest BCUT2D eigenvalue weighted by molar-refractivity contribution is 9.10. The highest BCUT2D eigenvalue weighted by Crippen LogP contribution is 2.23. The van der Waals surface area contributed by atoms with Crippen molar-refractivity contribution in [3.8, 4) is 0 Å². The van der Waals surface area contributed by atoms with Gasteiger partial charge in [0.25, 0.3) is 0 Å². The quantitative estimate of drug-likeness (QED) is 0.923. The topological polar surface area (TPSA) is 37.8 Å². The van der Waals surface area contributed by atoms with E-state index >= 15 is 0 Å². The van der Waals surface area contributed by atoms with Crippen LogP contribution in [-0.2, 0) is 19.4 Å². The van der Waals surface area contributed by atoms with Gasteiger partial charge in [0, 0.05) is 36.0 Å². The van der Waals surface area contributed by atoms with E-state index in [4.69, 9.17) is 9.97 Å². The van der Waals surface area contributed by atoms with Crippen LogP contribution >= 0.6 is 15.9 Å². The Morgan fingerprint density at radius 1 is 1.19 bits per heavy atom. The van der Waals surface area contributed by atoms with E-state index in [0.717, 1.165) is 36.2 Å². The van der Waals surface area contributed by atoms with Crippen LogP contribution in [-0.4, -0.2) is 16.5 Å². The maximum Gasteiger partial charge on any atom is 0.133 e. The van der Waals surface area contributed by atoms with Crippen LogP contribution in [0.1, 0.15) is 48.1 Å². The molecule has 21 heavy (non-hydrogen) atoms. The van der Waals surface area contributed by atoms with Crippen LogP contribution in [0.25, 0.3) is 0 Å². The van der Waals surface area contributed by atoms with Crippen LogP contribution in [0.3, 0.4) is 0 Å². The van der Waals surface area contributed by atoms with Gasteiger partial charge in [-0.25, -0.2) is 9.97 Å². The molecule has 1 aromatic heterocycles. The largest absolute Gasteiger partial charge is 0.312 e. The molecular weight excluding hydrogens is 326 g/mol. The molecule has 0 saturated heterocycles. The Hall–Kier alpha value is -1.26. The Morgan fingerprint density at radius 3 is 2.67 bits per heavy atom. The molecule has 2 heterocycles. The van der Waals surface area contributed by atoms with Gasteiger partial charge in [0.15, 0.2) is 0 Å². The van der Waals surface area contributed by atoms with E-state index in [1.807, 2.05) is 0 Å². The standard InChI is InChI=1S/C17H20BrN3/c1-11(2)17-14-10-19-8-7-15(14)20-16(21-17)9-12-3-5-13(18)6-4-12/h3-6,11,19H,7-10H2,1-2H3. The van der Waals surface area contributed by atoms with Crippen LogP contribution in [0, 0.1) is 0 Å². The Balaban J connectivity index is 1.95. The fourth-order valence-corrected chi connectivity index (χ4v) is 3.03. The number of hydrogen-bond acceptors (Lipinski definition) is 3. The number of hydrogen-bond donors (Lipinski definition) is 1. The summed E-state index contributed by atoms with van der Waals surface area (Å²) in [6, 6.07) is 8.40. The van der Waals surface area contributed by atoms with Gasteiger partial charge in [-0.2, -0.15) is 0 Å². The molecule has 0 saturated carbocycles. The smallest absolute Gasteiger partial charge is 0.133 e. The molecule has 1 aromatic carbocycles. The Morgan fingerprint density at radius 2 is 1.95 bits per heavy atom. The summed E-state index contributed by atoms with van der Waals surface area (Å²) in [6.45, 7) is 6.34. The molecule has 0 bridgehead atoms. The molecule has 0 amide bonds. The molecule has 0 aliphatic carbocycles. The van der Waals surface area contributed by atoms with Gasteiger partial charge in [-0.3, -0.25) is 0 Å². The monoisotopic (exact) mass is 345 g/mol. The maximum atomic E-state index is 4.84. The molecule has 4 heteroatoms. The fourth-order valence-electron chi connectivity index (χ4n) is 2.76. The number of nitrogens with zero attached hydrogens (tertiary/aromatic N) is 2. The second-order valence-electron chi connectivity index (χ2n) is 5.84. The van der Waals surface area contributed by atoms with E-state index < -0.39 is 0 Å². The molecule has 0 atom stereocenters. The first-order valence-corrected chi connectivity index (χ1v) is 8.26. The van der Waals surface area contributed by atoms with E-state index in [0.29, 0.717) is 5.92 Å². The summed E-state index contributed by atoms with van der Waals surface area (Å²) in [5, 5.41) is 3.43. The summed E-state index contributed by atoms with van der Waals surface area (Å²) in [5.74, 6) is 1.38. The molecule has 3 nitrogen and oxygen atoms in total. The third-order valence-corrected chi connectivity index (χ3v) is 4.36. The van der Waals surface area contributed by atoms with Crippen molar-refractivity contribution in [3.63, 3.8) is 0 Å². The Kier molecular flexibility index (Phi) is 4.36. The number of aromatic nitrogens is 2. The second-order valence-corrected chi connectivity index (χ2v) is 6.75. The number of halogens is 1. The molecular formula is C17H20BrN3. The van der Waals surface area contributed by atoms with Crippen LogP contribution < -0.4 is 5.32 Å². The zero-order valence-electron chi connectivity index (χ0n) is 12.5. The summed E-state index contributed by atoms with van der Waals surface area (Å²) in [7, 11) is 0. The van der Waals surface area contributed by atoms with Gasteiger partial charge in [-0.1, -0.05) is 41.9 Å². The summed E-state index contributed by atoms with van der Waals surface area (Å²) >= 11 is 3.47. The van der Waals surface area contributed by atoms with Gasteiger partial charge in [-0.05, 0) is 23.6 Å². The summed E-state index contributed by atoms with van der Waals surface area (Å²) in [5.41, 5.74) is 5.01. The van der Waals surface area contributed by atoms with Gasteiger partial charge in [0.2, 0.25) is 0 Å². The molecule has 1 N–H and O–H groups in total. The van der Waals surface area contributed by atoms with E-state index in [1.165, 1.54) is 22.5 Å². The minimum atomic E-state index is 0.435. The molecule has 1 aliphatic heterocycles. The maximum absolute atomic E-state index is 4.84. The average molecular weight is 346 g/mol. The fraction of sp³-hybridized carbons (Fsp3) is 0.412.